The van der Waals surface area contributed by atoms with Gasteiger partial charge in [-0.25, -0.2) is 4.98 Å². The van der Waals surface area contributed by atoms with Crippen LogP contribution in [0.25, 0.3) is 10.9 Å². The molecule has 1 unspecified atom stereocenters. The van der Waals surface area contributed by atoms with Crippen LogP contribution in [0.3, 0.4) is 0 Å². The minimum absolute atomic E-state index is 0.0796. The summed E-state index contributed by atoms with van der Waals surface area (Å²) in [6.07, 6.45) is -0.378. The maximum absolute atomic E-state index is 13.6. The van der Waals surface area contributed by atoms with Crippen molar-refractivity contribution in [2.75, 3.05) is 17.3 Å². The molecule has 5 heteroatoms. The predicted octanol–water partition coefficient (Wildman–Crippen LogP) is 5.01. The molecule has 0 radical (unpaired) electrons. The molecule has 2 heterocycles. The zero-order valence-electron chi connectivity index (χ0n) is 15.9. The zero-order chi connectivity index (χ0) is 19.8. The molecule has 5 rings (SSSR count). The molecule has 0 saturated carbocycles. The minimum Gasteiger partial charge on any atom is -0.497 e. The first-order valence-electron chi connectivity index (χ1n) is 9.43. The van der Waals surface area contributed by atoms with Gasteiger partial charge in [0.05, 0.1) is 18.2 Å². The lowest BCUT2D eigenvalue weighted by atomic mass is 10.0. The summed E-state index contributed by atoms with van der Waals surface area (Å²) in [5, 5.41) is 4.42. The number of anilines is 2. The van der Waals surface area contributed by atoms with Gasteiger partial charge in [0.2, 0.25) is 0 Å². The number of methoxy groups -OCH3 is 1. The van der Waals surface area contributed by atoms with Crippen LogP contribution in [0.1, 0.15) is 22.1 Å². The second-order valence-electron chi connectivity index (χ2n) is 6.91. The quantitative estimate of drug-likeness (QED) is 0.542. The number of nitrogens with one attached hydrogen (secondary N) is 1. The van der Waals surface area contributed by atoms with Gasteiger partial charge in [0.1, 0.15) is 17.7 Å². The van der Waals surface area contributed by atoms with Gasteiger partial charge in [0, 0.05) is 11.1 Å². The van der Waals surface area contributed by atoms with Gasteiger partial charge in [-0.15, -0.1) is 0 Å². The molecule has 5 nitrogen and oxygen atoms in total. The average molecular weight is 381 g/mol. The SMILES string of the molecule is COc1ccc(C2Nc3nc4ccccc4cc3C(=O)N2c2ccccc2)cc1. The number of ether oxygens (including phenoxy) is 1. The van der Waals surface area contributed by atoms with Crippen molar-refractivity contribution in [3.05, 3.63) is 96.1 Å². The van der Waals surface area contributed by atoms with Gasteiger partial charge >= 0.3 is 0 Å². The Morgan fingerprint density at radius 2 is 1.66 bits per heavy atom. The number of fused-ring (bicyclic) bond motifs is 2. The topological polar surface area (TPSA) is 54.5 Å². The number of aromatic nitrogens is 1. The molecule has 1 amide bonds. The van der Waals surface area contributed by atoms with Crippen LogP contribution in [0.15, 0.2) is 84.9 Å². The summed E-state index contributed by atoms with van der Waals surface area (Å²) >= 11 is 0. The number of carbonyl (C=O) groups excluding carboxylic acids is 1. The largest absolute Gasteiger partial charge is 0.497 e. The fraction of sp³-hybridized carbons (Fsp3) is 0.0833. The molecular weight excluding hydrogens is 362 g/mol. The van der Waals surface area contributed by atoms with Crippen LogP contribution >= 0.6 is 0 Å². The van der Waals surface area contributed by atoms with E-state index in [9.17, 15) is 4.79 Å². The Balaban J connectivity index is 1.67. The number of pyridine rings is 1. The third kappa shape index (κ3) is 2.97. The molecular formula is C24H19N3O2. The number of para-hydroxylation sites is 2. The number of hydrogen-bond acceptors (Lipinski definition) is 4. The number of hydrogen-bond donors (Lipinski definition) is 1. The molecule has 1 aromatic heterocycles. The third-order valence-electron chi connectivity index (χ3n) is 5.17. The van der Waals surface area contributed by atoms with E-state index in [1.165, 1.54) is 0 Å². The Morgan fingerprint density at radius 1 is 0.931 bits per heavy atom. The van der Waals surface area contributed by atoms with Crippen molar-refractivity contribution in [3.63, 3.8) is 0 Å². The molecule has 1 aliphatic heterocycles. The third-order valence-corrected chi connectivity index (χ3v) is 5.17. The number of nitrogens with zero attached hydrogens (tertiary/aromatic N) is 2. The highest BCUT2D eigenvalue weighted by Gasteiger charge is 2.35. The van der Waals surface area contributed by atoms with Crippen LogP contribution in [0, 0.1) is 0 Å². The van der Waals surface area contributed by atoms with E-state index < -0.39 is 0 Å². The smallest absolute Gasteiger partial charge is 0.264 e. The highest BCUT2D eigenvalue weighted by atomic mass is 16.5. The lowest BCUT2D eigenvalue weighted by Gasteiger charge is -2.37. The summed E-state index contributed by atoms with van der Waals surface area (Å²) in [7, 11) is 1.64. The monoisotopic (exact) mass is 381 g/mol. The molecule has 0 aliphatic carbocycles. The van der Waals surface area contributed by atoms with E-state index in [1.54, 1.807) is 12.0 Å². The standard InChI is InChI=1S/C24H19N3O2/c1-29-19-13-11-16(12-14-19)23-26-22-20(15-17-7-5-6-10-21(17)25-22)24(28)27(23)18-8-3-2-4-9-18/h2-15,23H,1H3,(H,25,26). The van der Waals surface area contributed by atoms with Crippen LogP contribution in [0.4, 0.5) is 11.5 Å². The van der Waals surface area contributed by atoms with Crippen LogP contribution in [-0.2, 0) is 0 Å². The van der Waals surface area contributed by atoms with Gasteiger partial charge in [0.15, 0.2) is 0 Å². The molecule has 1 aliphatic rings. The van der Waals surface area contributed by atoms with Crippen molar-refractivity contribution in [1.82, 2.24) is 4.98 Å². The molecule has 1 N–H and O–H groups in total. The van der Waals surface area contributed by atoms with Crippen molar-refractivity contribution in [3.8, 4) is 5.75 Å². The van der Waals surface area contributed by atoms with Gasteiger partial charge in [-0.2, -0.15) is 0 Å². The maximum atomic E-state index is 13.6. The molecule has 0 saturated heterocycles. The highest BCUT2D eigenvalue weighted by Crippen LogP contribution is 2.37. The Kier molecular flexibility index (Phi) is 4.13. The van der Waals surface area contributed by atoms with E-state index in [0.717, 1.165) is 27.9 Å². The molecule has 0 spiro atoms. The average Bonchev–Trinajstić information content (AvgIpc) is 2.78. The molecule has 0 bridgehead atoms. The highest BCUT2D eigenvalue weighted by molar-refractivity contribution is 6.13. The Morgan fingerprint density at radius 3 is 2.41 bits per heavy atom. The number of rotatable bonds is 3. The van der Waals surface area contributed by atoms with E-state index in [0.29, 0.717) is 11.4 Å². The molecule has 0 fully saturated rings. The summed E-state index contributed by atoms with van der Waals surface area (Å²) in [6.45, 7) is 0. The van der Waals surface area contributed by atoms with Crippen LogP contribution < -0.4 is 15.0 Å². The van der Waals surface area contributed by atoms with Crippen molar-refractivity contribution < 1.29 is 9.53 Å². The normalized spacial score (nSPS) is 15.7. The molecule has 3 aromatic carbocycles. The van der Waals surface area contributed by atoms with E-state index in [4.69, 9.17) is 9.72 Å². The fourth-order valence-electron chi connectivity index (χ4n) is 3.70. The lowest BCUT2D eigenvalue weighted by Crippen LogP contribution is -2.43. The second kappa shape index (κ2) is 6.95. The fourth-order valence-corrected chi connectivity index (χ4v) is 3.70. The summed E-state index contributed by atoms with van der Waals surface area (Å²) in [5.41, 5.74) is 3.19. The Labute approximate surface area is 168 Å². The molecule has 29 heavy (non-hydrogen) atoms. The van der Waals surface area contributed by atoms with Gasteiger partial charge in [-0.05, 0) is 42.0 Å². The van der Waals surface area contributed by atoms with Gasteiger partial charge in [0.25, 0.3) is 5.91 Å². The van der Waals surface area contributed by atoms with E-state index in [2.05, 4.69) is 5.32 Å². The van der Waals surface area contributed by atoms with Crippen molar-refractivity contribution in [1.29, 1.82) is 0 Å². The minimum atomic E-state index is -0.378. The van der Waals surface area contributed by atoms with Crippen LogP contribution in [0.5, 0.6) is 5.75 Å². The molecule has 142 valence electrons. The molecule has 1 atom stereocenters. The first-order valence-corrected chi connectivity index (χ1v) is 9.43. The molecule has 4 aromatic rings. The zero-order valence-corrected chi connectivity index (χ0v) is 15.9. The van der Waals surface area contributed by atoms with E-state index in [-0.39, 0.29) is 12.1 Å². The van der Waals surface area contributed by atoms with Crippen molar-refractivity contribution >= 4 is 28.3 Å². The van der Waals surface area contributed by atoms with Crippen LogP contribution in [0.2, 0.25) is 0 Å². The first-order chi connectivity index (χ1) is 14.2. The van der Waals surface area contributed by atoms with E-state index >= 15 is 0 Å². The van der Waals surface area contributed by atoms with Crippen LogP contribution in [-0.4, -0.2) is 18.0 Å². The first kappa shape index (κ1) is 17.3. The Hall–Kier alpha value is -3.86. The Bertz CT molecular complexity index is 1190. The number of carbonyl (C=O) groups is 1. The van der Waals surface area contributed by atoms with E-state index in [1.807, 2.05) is 84.9 Å². The number of amides is 1. The maximum Gasteiger partial charge on any atom is 0.264 e. The van der Waals surface area contributed by atoms with Gasteiger partial charge < -0.3 is 10.1 Å². The summed E-state index contributed by atoms with van der Waals surface area (Å²) < 4.78 is 5.28. The van der Waals surface area contributed by atoms with Gasteiger partial charge in [-0.3, -0.25) is 9.69 Å². The van der Waals surface area contributed by atoms with Crippen molar-refractivity contribution in [2.45, 2.75) is 6.17 Å². The van der Waals surface area contributed by atoms with Crippen molar-refractivity contribution in [2.24, 2.45) is 0 Å². The van der Waals surface area contributed by atoms with Gasteiger partial charge in [-0.1, -0.05) is 48.5 Å². The summed E-state index contributed by atoms with van der Waals surface area (Å²) in [4.78, 5) is 20.1. The predicted molar refractivity (Wildman–Crippen MR) is 114 cm³/mol. The summed E-state index contributed by atoms with van der Waals surface area (Å²) in [5.74, 6) is 1.29. The number of benzene rings is 3. The lowest BCUT2D eigenvalue weighted by molar-refractivity contribution is 0.0974. The summed E-state index contributed by atoms with van der Waals surface area (Å²) in [6, 6.07) is 27.1. The second-order valence-corrected chi connectivity index (χ2v) is 6.91.